The van der Waals surface area contributed by atoms with E-state index in [4.69, 9.17) is 0 Å². The third kappa shape index (κ3) is 2.79. The second-order valence-corrected chi connectivity index (χ2v) is 6.92. The molecule has 2 atom stereocenters. The largest absolute Gasteiger partial charge is 0.386 e. The van der Waals surface area contributed by atoms with Crippen LogP contribution in [-0.2, 0) is 4.79 Å². The summed E-state index contributed by atoms with van der Waals surface area (Å²) in [5.41, 5.74) is -0.536. The minimum atomic E-state index is -0.536. The van der Waals surface area contributed by atoms with Gasteiger partial charge in [0.15, 0.2) is 0 Å². The van der Waals surface area contributed by atoms with Crippen LogP contribution in [0, 0.1) is 17.8 Å². The number of rotatable bonds is 4. The zero-order chi connectivity index (χ0) is 13.5. The molecule has 1 saturated carbocycles. The molecule has 2 N–H and O–H groups in total. The average Bonchev–Trinajstić information content (AvgIpc) is 3.20. The number of likely N-dealkylation sites (tertiary alicyclic amines) is 1. The number of hydrogen-bond acceptors (Lipinski definition) is 3. The summed E-state index contributed by atoms with van der Waals surface area (Å²) >= 11 is 0. The van der Waals surface area contributed by atoms with Crippen molar-refractivity contribution in [2.75, 3.05) is 26.2 Å². The number of aliphatic hydroxyl groups is 1. The Hall–Kier alpha value is -0.610. The second kappa shape index (κ2) is 5.06. The number of amides is 1. The molecule has 2 unspecified atom stereocenters. The van der Waals surface area contributed by atoms with Gasteiger partial charge in [-0.3, -0.25) is 4.79 Å². The van der Waals surface area contributed by atoms with Crippen molar-refractivity contribution in [2.24, 2.45) is 17.8 Å². The van der Waals surface area contributed by atoms with Gasteiger partial charge in [-0.25, -0.2) is 0 Å². The smallest absolute Gasteiger partial charge is 0.223 e. The Morgan fingerprint density at radius 3 is 2.74 bits per heavy atom. The summed E-state index contributed by atoms with van der Waals surface area (Å²) in [5.74, 6) is 1.80. The van der Waals surface area contributed by atoms with Gasteiger partial charge in [-0.05, 0) is 56.5 Å². The third-order valence-electron chi connectivity index (χ3n) is 5.26. The van der Waals surface area contributed by atoms with E-state index in [-0.39, 0.29) is 5.91 Å². The molecular formula is C15H26N2O2. The van der Waals surface area contributed by atoms with Gasteiger partial charge in [0.05, 0.1) is 13.1 Å². The van der Waals surface area contributed by atoms with Crippen molar-refractivity contribution in [2.45, 2.75) is 44.6 Å². The summed E-state index contributed by atoms with van der Waals surface area (Å²) in [6.45, 7) is 5.53. The minimum Gasteiger partial charge on any atom is -0.386 e. The van der Waals surface area contributed by atoms with Crippen molar-refractivity contribution in [3.63, 3.8) is 0 Å². The Morgan fingerprint density at radius 1 is 1.42 bits per heavy atom. The number of nitrogens with zero attached hydrogens (tertiary/aromatic N) is 1. The fourth-order valence-corrected chi connectivity index (χ4v) is 3.61. The second-order valence-electron chi connectivity index (χ2n) is 6.92. The van der Waals surface area contributed by atoms with Crippen LogP contribution < -0.4 is 5.32 Å². The van der Waals surface area contributed by atoms with E-state index >= 15 is 0 Å². The Labute approximate surface area is 115 Å². The number of carbonyl (C=O) groups excluding carboxylic acids is 1. The topological polar surface area (TPSA) is 52.6 Å². The number of piperidine rings is 1. The molecule has 1 amide bonds. The van der Waals surface area contributed by atoms with Crippen LogP contribution in [0.25, 0.3) is 0 Å². The number of hydrogen-bond donors (Lipinski definition) is 2. The van der Waals surface area contributed by atoms with E-state index in [0.29, 0.717) is 37.3 Å². The normalized spacial score (nSPS) is 31.7. The average molecular weight is 266 g/mol. The molecule has 19 heavy (non-hydrogen) atoms. The van der Waals surface area contributed by atoms with Crippen LogP contribution in [0.3, 0.4) is 0 Å². The zero-order valence-corrected chi connectivity index (χ0v) is 11.9. The zero-order valence-electron chi connectivity index (χ0n) is 11.9. The van der Waals surface area contributed by atoms with Gasteiger partial charge in [0.2, 0.25) is 5.91 Å². The summed E-state index contributed by atoms with van der Waals surface area (Å²) in [5, 5.41) is 13.7. The van der Waals surface area contributed by atoms with Crippen molar-refractivity contribution < 1.29 is 9.90 Å². The fourth-order valence-electron chi connectivity index (χ4n) is 3.61. The van der Waals surface area contributed by atoms with Crippen LogP contribution >= 0.6 is 0 Å². The molecule has 108 valence electrons. The van der Waals surface area contributed by atoms with Crippen LogP contribution in [-0.4, -0.2) is 47.7 Å². The van der Waals surface area contributed by atoms with Gasteiger partial charge >= 0.3 is 0 Å². The molecule has 3 rings (SSSR count). The van der Waals surface area contributed by atoms with E-state index in [1.54, 1.807) is 0 Å². The van der Waals surface area contributed by atoms with E-state index in [1.165, 1.54) is 12.8 Å². The standard InChI is InChI=1S/C15H26N2O2/c1-11(12-3-2-6-16-8-12)7-14(18)17-9-15(19,10-17)13-4-5-13/h11-13,16,19H,2-10H2,1H3. The first-order valence-corrected chi connectivity index (χ1v) is 7.79. The maximum absolute atomic E-state index is 12.2. The van der Waals surface area contributed by atoms with Gasteiger partial charge in [0.1, 0.15) is 5.60 Å². The lowest BCUT2D eigenvalue weighted by molar-refractivity contribution is -0.160. The predicted octanol–water partition coefficient (Wildman–Crippen LogP) is 0.995. The predicted molar refractivity (Wildman–Crippen MR) is 73.6 cm³/mol. The van der Waals surface area contributed by atoms with Crippen LogP contribution in [0.1, 0.15) is 39.0 Å². The number of nitrogens with one attached hydrogen (secondary N) is 1. The molecule has 0 spiro atoms. The molecule has 4 heteroatoms. The molecule has 2 heterocycles. The molecule has 1 aliphatic carbocycles. The van der Waals surface area contributed by atoms with Crippen molar-refractivity contribution >= 4 is 5.91 Å². The first-order chi connectivity index (χ1) is 9.08. The lowest BCUT2D eigenvalue weighted by Crippen LogP contribution is -2.64. The van der Waals surface area contributed by atoms with E-state index in [9.17, 15) is 9.90 Å². The first-order valence-electron chi connectivity index (χ1n) is 7.79. The van der Waals surface area contributed by atoms with Crippen molar-refractivity contribution in [1.82, 2.24) is 10.2 Å². The van der Waals surface area contributed by atoms with Crippen LogP contribution in [0.15, 0.2) is 0 Å². The van der Waals surface area contributed by atoms with E-state index in [1.807, 2.05) is 4.90 Å². The van der Waals surface area contributed by atoms with Crippen molar-refractivity contribution in [3.8, 4) is 0 Å². The van der Waals surface area contributed by atoms with E-state index < -0.39 is 5.60 Å². The van der Waals surface area contributed by atoms with Gasteiger partial charge in [-0.2, -0.15) is 0 Å². The first kappa shape index (κ1) is 13.4. The van der Waals surface area contributed by atoms with Gasteiger partial charge in [-0.1, -0.05) is 6.92 Å². The highest BCUT2D eigenvalue weighted by Crippen LogP contribution is 2.44. The summed E-state index contributed by atoms with van der Waals surface area (Å²) in [6, 6.07) is 0. The Morgan fingerprint density at radius 2 is 2.16 bits per heavy atom. The number of carbonyl (C=O) groups is 1. The molecule has 0 radical (unpaired) electrons. The molecule has 2 aliphatic heterocycles. The summed E-state index contributed by atoms with van der Waals surface area (Å²) < 4.78 is 0. The lowest BCUT2D eigenvalue weighted by Gasteiger charge is -2.47. The third-order valence-corrected chi connectivity index (χ3v) is 5.26. The van der Waals surface area contributed by atoms with E-state index in [2.05, 4.69) is 12.2 Å². The maximum Gasteiger partial charge on any atom is 0.223 e. The highest BCUT2D eigenvalue weighted by atomic mass is 16.3. The van der Waals surface area contributed by atoms with Crippen LogP contribution in [0.4, 0.5) is 0 Å². The molecule has 3 aliphatic rings. The van der Waals surface area contributed by atoms with Gasteiger partial charge in [-0.15, -0.1) is 0 Å². The van der Waals surface area contributed by atoms with Crippen LogP contribution in [0.2, 0.25) is 0 Å². The number of β-amino-alcohol motifs (C(OH)–C–C–N with tert-alkyl or cyclic N) is 1. The molecule has 0 aromatic rings. The summed E-state index contributed by atoms with van der Waals surface area (Å²) in [7, 11) is 0. The SMILES string of the molecule is CC(CC(=O)N1CC(O)(C2CC2)C1)C1CCCNC1. The monoisotopic (exact) mass is 266 g/mol. The quantitative estimate of drug-likeness (QED) is 0.798. The highest BCUT2D eigenvalue weighted by molar-refractivity contribution is 5.77. The van der Waals surface area contributed by atoms with Gasteiger partial charge in [0.25, 0.3) is 0 Å². The highest BCUT2D eigenvalue weighted by Gasteiger charge is 2.53. The fraction of sp³-hybridized carbons (Fsp3) is 0.933. The molecule has 4 nitrogen and oxygen atoms in total. The summed E-state index contributed by atoms with van der Waals surface area (Å²) in [6.07, 6.45) is 5.40. The Balaban J connectivity index is 1.44. The Bertz CT molecular complexity index is 342. The molecule has 3 fully saturated rings. The van der Waals surface area contributed by atoms with Gasteiger partial charge in [0, 0.05) is 6.42 Å². The Kier molecular flexibility index (Phi) is 3.56. The molecule has 0 aromatic carbocycles. The van der Waals surface area contributed by atoms with Gasteiger partial charge < -0.3 is 15.3 Å². The molecule has 0 bridgehead atoms. The van der Waals surface area contributed by atoms with Crippen molar-refractivity contribution in [3.05, 3.63) is 0 Å². The molecular weight excluding hydrogens is 240 g/mol. The molecule has 2 saturated heterocycles. The molecule has 0 aromatic heterocycles. The minimum absolute atomic E-state index is 0.239. The van der Waals surface area contributed by atoms with Crippen LogP contribution in [0.5, 0.6) is 0 Å². The summed E-state index contributed by atoms with van der Waals surface area (Å²) in [4.78, 5) is 14.1. The van der Waals surface area contributed by atoms with E-state index in [0.717, 1.165) is 25.9 Å². The lowest BCUT2D eigenvalue weighted by atomic mass is 9.83. The van der Waals surface area contributed by atoms with Crippen molar-refractivity contribution in [1.29, 1.82) is 0 Å². The maximum atomic E-state index is 12.2.